The number of aromatic nitrogens is 1. The van der Waals surface area contributed by atoms with E-state index in [0.717, 1.165) is 17.1 Å². The first-order valence-corrected chi connectivity index (χ1v) is 12.5. The Morgan fingerprint density at radius 3 is 2.49 bits per heavy atom. The Balaban J connectivity index is 1.48. The number of hydrogen-bond donors (Lipinski definition) is 2. The minimum absolute atomic E-state index is 0.0266. The van der Waals surface area contributed by atoms with Crippen LogP contribution in [0.25, 0.3) is 10.9 Å². The van der Waals surface area contributed by atoms with Gasteiger partial charge in [-0.05, 0) is 49.6 Å². The molecular weight excluding hydrogens is 518 g/mol. The molecule has 2 unspecified atom stereocenters. The normalized spacial score (nSPS) is 17.2. The molecule has 1 fully saturated rings. The molecule has 0 radical (unpaired) electrons. The van der Waals surface area contributed by atoms with Crippen molar-refractivity contribution in [2.75, 3.05) is 25.6 Å². The van der Waals surface area contributed by atoms with Crippen LogP contribution in [-0.2, 0) is 9.53 Å². The predicted molar refractivity (Wildman–Crippen MR) is 144 cm³/mol. The predicted octanol–water partition coefficient (Wildman–Crippen LogP) is 5.79. The van der Waals surface area contributed by atoms with E-state index >= 15 is 0 Å². The molecule has 0 saturated heterocycles. The highest BCUT2D eigenvalue weighted by atomic mass is 35.5. The Labute approximate surface area is 225 Å². The number of urea groups is 1. The number of fused-ring (bicyclic) bond motifs is 1. The molecule has 1 saturated carbocycles. The SMILES string of the molecule is COc1cc2nccc(Oc3ccc(N(S)C(=O)NC(=O)C4CCCC(OC)C4)cc3Cl)c2cc1OC. The number of halogens is 1. The molecule has 1 heterocycles. The van der Waals surface area contributed by atoms with E-state index in [-0.39, 0.29) is 23.0 Å². The number of nitrogens with one attached hydrogen (secondary N) is 1. The Morgan fingerprint density at radius 2 is 1.78 bits per heavy atom. The molecule has 37 heavy (non-hydrogen) atoms. The van der Waals surface area contributed by atoms with Crippen molar-refractivity contribution in [1.29, 1.82) is 0 Å². The van der Waals surface area contributed by atoms with Gasteiger partial charge in [-0.25, -0.2) is 9.10 Å². The number of carbonyl (C=O) groups is 2. The summed E-state index contributed by atoms with van der Waals surface area (Å²) in [6.07, 6.45) is 4.73. The molecule has 3 amide bonds. The number of benzene rings is 2. The second-order valence-electron chi connectivity index (χ2n) is 8.58. The first kappa shape index (κ1) is 26.8. The molecule has 11 heteroatoms. The molecule has 1 aliphatic rings. The van der Waals surface area contributed by atoms with Gasteiger partial charge < -0.3 is 18.9 Å². The van der Waals surface area contributed by atoms with E-state index in [2.05, 4.69) is 23.1 Å². The number of nitrogens with zero attached hydrogens (tertiary/aromatic N) is 2. The number of hydrogen-bond acceptors (Lipinski definition) is 8. The van der Waals surface area contributed by atoms with E-state index in [1.807, 2.05) is 0 Å². The Morgan fingerprint density at radius 1 is 1.03 bits per heavy atom. The standard InChI is InChI=1S/C26H28ClN3O6S/c1-33-17-6-4-5-15(11-17)25(31)29-26(32)30(37)16-7-8-22(19(27)12-16)36-21-9-10-28-20-14-24(35-3)23(34-2)13-18(20)21/h7-10,12-15,17,37H,4-6,11H2,1-3H3,(H,29,31,32). The molecule has 9 nitrogen and oxygen atoms in total. The lowest BCUT2D eigenvalue weighted by atomic mass is 9.86. The first-order valence-electron chi connectivity index (χ1n) is 11.7. The average Bonchev–Trinajstić information content (AvgIpc) is 2.92. The maximum atomic E-state index is 12.7. The lowest BCUT2D eigenvalue weighted by molar-refractivity contribution is -0.126. The zero-order valence-electron chi connectivity index (χ0n) is 20.7. The molecule has 3 aromatic rings. The van der Waals surface area contributed by atoms with E-state index in [4.69, 9.17) is 30.5 Å². The molecule has 196 valence electrons. The Kier molecular flexibility index (Phi) is 8.63. The van der Waals surface area contributed by atoms with Crippen LogP contribution in [0.5, 0.6) is 23.0 Å². The number of anilines is 1. The average molecular weight is 546 g/mol. The summed E-state index contributed by atoms with van der Waals surface area (Å²) >= 11 is 10.8. The lowest BCUT2D eigenvalue weighted by Gasteiger charge is -2.27. The van der Waals surface area contributed by atoms with Crippen molar-refractivity contribution in [3.63, 3.8) is 0 Å². The minimum Gasteiger partial charge on any atom is -0.493 e. The van der Waals surface area contributed by atoms with E-state index in [9.17, 15) is 9.59 Å². The molecular formula is C26H28ClN3O6S. The zero-order valence-corrected chi connectivity index (χ0v) is 22.3. The highest BCUT2D eigenvalue weighted by Crippen LogP contribution is 2.39. The van der Waals surface area contributed by atoms with Crippen molar-refractivity contribution >= 4 is 52.9 Å². The quantitative estimate of drug-likeness (QED) is 0.362. The van der Waals surface area contributed by atoms with Gasteiger partial charge in [0.15, 0.2) is 11.5 Å². The van der Waals surface area contributed by atoms with Crippen LogP contribution >= 0.6 is 24.4 Å². The van der Waals surface area contributed by atoms with Crippen molar-refractivity contribution in [3.8, 4) is 23.0 Å². The van der Waals surface area contributed by atoms with Gasteiger partial charge in [0.05, 0.1) is 36.6 Å². The third kappa shape index (κ3) is 6.03. The van der Waals surface area contributed by atoms with Crippen molar-refractivity contribution in [2.24, 2.45) is 5.92 Å². The van der Waals surface area contributed by atoms with Gasteiger partial charge in [0.2, 0.25) is 5.91 Å². The summed E-state index contributed by atoms with van der Waals surface area (Å²) in [5.74, 6) is 1.33. The van der Waals surface area contributed by atoms with Crippen LogP contribution in [0.3, 0.4) is 0 Å². The smallest absolute Gasteiger partial charge is 0.338 e. The maximum absolute atomic E-state index is 12.7. The molecule has 2 aromatic carbocycles. The number of pyridine rings is 1. The van der Waals surface area contributed by atoms with Crippen LogP contribution in [-0.4, -0.2) is 44.4 Å². The molecule has 4 rings (SSSR count). The number of thiol groups is 1. The fraction of sp³-hybridized carbons (Fsp3) is 0.346. The lowest BCUT2D eigenvalue weighted by Crippen LogP contribution is -2.43. The van der Waals surface area contributed by atoms with Gasteiger partial charge in [-0.3, -0.25) is 15.1 Å². The maximum Gasteiger partial charge on any atom is 0.338 e. The van der Waals surface area contributed by atoms with Crippen molar-refractivity contribution in [2.45, 2.75) is 31.8 Å². The molecule has 2 atom stereocenters. The van der Waals surface area contributed by atoms with Gasteiger partial charge in [0.1, 0.15) is 11.5 Å². The van der Waals surface area contributed by atoms with E-state index in [1.54, 1.807) is 57.9 Å². The Bertz CT molecular complexity index is 1310. The second-order valence-corrected chi connectivity index (χ2v) is 9.38. The number of imide groups is 1. The van der Waals surface area contributed by atoms with Crippen LogP contribution < -0.4 is 23.8 Å². The number of carbonyl (C=O) groups excluding carboxylic acids is 2. The van der Waals surface area contributed by atoms with Crippen LogP contribution in [0, 0.1) is 5.92 Å². The van der Waals surface area contributed by atoms with Gasteiger partial charge in [0, 0.05) is 30.7 Å². The molecule has 0 aliphatic heterocycles. The number of ether oxygens (including phenoxy) is 4. The number of rotatable bonds is 7. The zero-order chi connectivity index (χ0) is 26.5. The molecule has 0 bridgehead atoms. The summed E-state index contributed by atoms with van der Waals surface area (Å²) < 4.78 is 23.2. The van der Waals surface area contributed by atoms with Crippen LogP contribution in [0.15, 0.2) is 42.6 Å². The number of methoxy groups -OCH3 is 3. The molecule has 1 aliphatic carbocycles. The van der Waals surface area contributed by atoms with Gasteiger partial charge in [-0.2, -0.15) is 0 Å². The largest absolute Gasteiger partial charge is 0.493 e. The van der Waals surface area contributed by atoms with Gasteiger partial charge >= 0.3 is 6.03 Å². The van der Waals surface area contributed by atoms with E-state index in [1.165, 1.54) is 6.07 Å². The summed E-state index contributed by atoms with van der Waals surface area (Å²) in [6, 6.07) is 9.34. The molecule has 1 aromatic heterocycles. The van der Waals surface area contributed by atoms with E-state index in [0.29, 0.717) is 52.4 Å². The van der Waals surface area contributed by atoms with Crippen LogP contribution in [0.1, 0.15) is 25.7 Å². The highest BCUT2D eigenvalue weighted by Gasteiger charge is 2.29. The summed E-state index contributed by atoms with van der Waals surface area (Å²) in [4.78, 5) is 29.7. The molecule has 0 spiro atoms. The monoisotopic (exact) mass is 545 g/mol. The third-order valence-corrected chi connectivity index (χ3v) is 7.05. The Hall–Kier alpha value is -3.21. The summed E-state index contributed by atoms with van der Waals surface area (Å²) in [5, 5.41) is 3.37. The van der Waals surface area contributed by atoms with Crippen molar-refractivity contribution in [3.05, 3.63) is 47.6 Å². The van der Waals surface area contributed by atoms with Gasteiger partial charge in [-0.1, -0.05) is 30.8 Å². The van der Waals surface area contributed by atoms with Crippen molar-refractivity contribution in [1.82, 2.24) is 10.3 Å². The summed E-state index contributed by atoms with van der Waals surface area (Å²) in [5.41, 5.74) is 1.02. The second kappa shape index (κ2) is 11.9. The first-order chi connectivity index (χ1) is 17.8. The van der Waals surface area contributed by atoms with Crippen LogP contribution in [0.4, 0.5) is 10.5 Å². The molecule has 1 N–H and O–H groups in total. The minimum atomic E-state index is -0.668. The van der Waals surface area contributed by atoms with Gasteiger partial charge in [-0.15, -0.1) is 0 Å². The summed E-state index contributed by atoms with van der Waals surface area (Å²) in [7, 11) is 4.74. The van der Waals surface area contributed by atoms with Gasteiger partial charge in [0.25, 0.3) is 0 Å². The topological polar surface area (TPSA) is 99.2 Å². The van der Waals surface area contributed by atoms with Crippen molar-refractivity contribution < 1.29 is 28.5 Å². The third-order valence-electron chi connectivity index (χ3n) is 6.34. The van der Waals surface area contributed by atoms with E-state index < -0.39 is 6.03 Å². The fourth-order valence-corrected chi connectivity index (χ4v) is 4.72. The fourth-order valence-electron chi connectivity index (χ4n) is 4.33. The van der Waals surface area contributed by atoms with Crippen LogP contribution in [0.2, 0.25) is 5.02 Å². The summed E-state index contributed by atoms with van der Waals surface area (Å²) in [6.45, 7) is 0. The number of amides is 3. The highest BCUT2D eigenvalue weighted by molar-refractivity contribution is 7.82.